The number of rotatable bonds is 5. The van der Waals surface area contributed by atoms with Crippen molar-refractivity contribution in [3.8, 4) is 0 Å². The average Bonchev–Trinajstić information content (AvgIpc) is 3.04. The number of carbonyl (C=O) groups excluding carboxylic acids is 4. The third-order valence-corrected chi connectivity index (χ3v) is 6.25. The number of fused-ring (bicyclic) bond motifs is 1. The van der Waals surface area contributed by atoms with Crippen molar-refractivity contribution < 1.29 is 23.9 Å². The van der Waals surface area contributed by atoms with E-state index in [0.717, 1.165) is 30.6 Å². The second-order valence-corrected chi connectivity index (χ2v) is 8.63. The van der Waals surface area contributed by atoms with Crippen LogP contribution in [-0.4, -0.2) is 36.3 Å². The van der Waals surface area contributed by atoms with Gasteiger partial charge in [-0.25, -0.2) is 9.69 Å². The Kier molecular flexibility index (Phi) is 6.28. The van der Waals surface area contributed by atoms with E-state index in [0.29, 0.717) is 16.6 Å². The number of benzene rings is 2. The lowest BCUT2D eigenvalue weighted by Gasteiger charge is -2.29. The second kappa shape index (κ2) is 9.12. The van der Waals surface area contributed by atoms with Crippen molar-refractivity contribution in [3.05, 3.63) is 64.2 Å². The third-order valence-electron chi connectivity index (χ3n) is 6.00. The van der Waals surface area contributed by atoms with E-state index >= 15 is 0 Å². The van der Waals surface area contributed by atoms with Crippen molar-refractivity contribution in [3.63, 3.8) is 0 Å². The fourth-order valence-electron chi connectivity index (χ4n) is 4.19. The first kappa shape index (κ1) is 22.0. The van der Waals surface area contributed by atoms with Crippen molar-refractivity contribution in [1.82, 2.24) is 5.32 Å². The Hall–Kier alpha value is -3.19. The number of hydrogen-bond donors (Lipinski definition) is 1. The molecule has 2 atom stereocenters. The number of hydrogen-bond acceptors (Lipinski definition) is 5. The van der Waals surface area contributed by atoms with Crippen LogP contribution in [0.4, 0.5) is 5.69 Å². The molecule has 2 aromatic carbocycles. The highest BCUT2D eigenvalue weighted by Crippen LogP contribution is 2.30. The molecule has 4 rings (SSSR count). The fraction of sp³-hybridized carbons (Fsp3) is 0.333. The molecular weight excluding hydrogens is 432 g/mol. The van der Waals surface area contributed by atoms with E-state index in [2.05, 4.69) is 12.2 Å². The summed E-state index contributed by atoms with van der Waals surface area (Å²) in [5, 5.41) is 3.41. The first-order valence-corrected chi connectivity index (χ1v) is 11.0. The topological polar surface area (TPSA) is 92.8 Å². The van der Waals surface area contributed by atoms with Crippen molar-refractivity contribution in [2.45, 2.75) is 38.6 Å². The zero-order valence-corrected chi connectivity index (χ0v) is 18.4. The van der Waals surface area contributed by atoms with Gasteiger partial charge < -0.3 is 10.1 Å². The lowest BCUT2D eigenvalue weighted by Crippen LogP contribution is -2.42. The maximum Gasteiger partial charge on any atom is 0.338 e. The van der Waals surface area contributed by atoms with Crippen LogP contribution in [0.3, 0.4) is 0 Å². The van der Waals surface area contributed by atoms with E-state index in [1.165, 1.54) is 18.2 Å². The average molecular weight is 455 g/mol. The van der Waals surface area contributed by atoms with Crippen molar-refractivity contribution in [2.75, 3.05) is 11.5 Å². The van der Waals surface area contributed by atoms with Crippen LogP contribution < -0.4 is 10.2 Å². The van der Waals surface area contributed by atoms with Gasteiger partial charge in [0.1, 0.15) is 0 Å². The standard InChI is InChI=1S/C24H23ClN2O5/c1-14-4-2-3-5-20(14)26-21(28)13-32-24(31)15-6-11-18-19(12-15)23(30)27(22(18)29)17-9-7-16(25)8-10-17/h6-12,14,20H,2-5,13H2,1H3,(H,26,28). The highest BCUT2D eigenvalue weighted by molar-refractivity contribution is 6.35. The third kappa shape index (κ3) is 4.39. The Bertz CT molecular complexity index is 1080. The minimum Gasteiger partial charge on any atom is -0.452 e. The van der Waals surface area contributed by atoms with Gasteiger partial charge in [-0.05, 0) is 61.2 Å². The highest BCUT2D eigenvalue weighted by Gasteiger charge is 2.37. The second-order valence-electron chi connectivity index (χ2n) is 8.19. The summed E-state index contributed by atoms with van der Waals surface area (Å²) in [4.78, 5) is 51.2. The van der Waals surface area contributed by atoms with Crippen LogP contribution in [-0.2, 0) is 9.53 Å². The molecule has 2 unspecified atom stereocenters. The molecule has 0 aromatic heterocycles. The van der Waals surface area contributed by atoms with E-state index in [1.807, 2.05) is 0 Å². The number of nitrogens with zero attached hydrogens (tertiary/aromatic N) is 1. The molecule has 8 heteroatoms. The maximum atomic E-state index is 12.8. The van der Waals surface area contributed by atoms with Gasteiger partial charge in [0.25, 0.3) is 17.7 Å². The largest absolute Gasteiger partial charge is 0.452 e. The molecule has 166 valence electrons. The van der Waals surface area contributed by atoms with Gasteiger partial charge in [0.05, 0.1) is 22.4 Å². The molecule has 1 fully saturated rings. The maximum absolute atomic E-state index is 12.8. The summed E-state index contributed by atoms with van der Waals surface area (Å²) in [6.45, 7) is 1.70. The zero-order valence-electron chi connectivity index (χ0n) is 17.6. The molecular formula is C24H23ClN2O5. The molecule has 1 saturated carbocycles. The van der Waals surface area contributed by atoms with Crippen LogP contribution in [0.5, 0.6) is 0 Å². The molecule has 1 aliphatic carbocycles. The molecule has 7 nitrogen and oxygen atoms in total. The molecule has 1 aliphatic heterocycles. The van der Waals surface area contributed by atoms with Gasteiger partial charge >= 0.3 is 5.97 Å². The normalized spacial score (nSPS) is 20.1. The van der Waals surface area contributed by atoms with Crippen molar-refractivity contribution in [1.29, 1.82) is 0 Å². The minimum absolute atomic E-state index is 0.0948. The SMILES string of the molecule is CC1CCCCC1NC(=O)COC(=O)c1ccc2c(c1)C(=O)N(c1ccc(Cl)cc1)C2=O. The molecule has 1 N–H and O–H groups in total. The molecule has 0 bridgehead atoms. The van der Waals surface area contributed by atoms with Gasteiger partial charge in [-0.3, -0.25) is 14.4 Å². The van der Waals surface area contributed by atoms with Crippen LogP contribution in [0.2, 0.25) is 5.02 Å². The van der Waals surface area contributed by atoms with Crippen molar-refractivity contribution in [2.24, 2.45) is 5.92 Å². The summed E-state index contributed by atoms with van der Waals surface area (Å²) < 4.78 is 5.14. The van der Waals surface area contributed by atoms with Crippen LogP contribution in [0.1, 0.15) is 63.7 Å². The lowest BCUT2D eigenvalue weighted by molar-refractivity contribution is -0.125. The Morgan fingerprint density at radius 3 is 2.44 bits per heavy atom. The number of imide groups is 1. The molecule has 0 radical (unpaired) electrons. The number of halogens is 1. The number of nitrogens with one attached hydrogen (secondary N) is 1. The number of carbonyl (C=O) groups is 4. The Morgan fingerprint density at radius 1 is 1.03 bits per heavy atom. The van der Waals surface area contributed by atoms with Gasteiger partial charge in [-0.15, -0.1) is 0 Å². The van der Waals surface area contributed by atoms with Gasteiger partial charge in [0, 0.05) is 11.1 Å². The van der Waals surface area contributed by atoms with Gasteiger partial charge in [-0.2, -0.15) is 0 Å². The van der Waals surface area contributed by atoms with Gasteiger partial charge in [0.15, 0.2) is 6.61 Å². The summed E-state index contributed by atoms with van der Waals surface area (Å²) in [6, 6.07) is 10.6. The molecule has 32 heavy (non-hydrogen) atoms. The van der Waals surface area contributed by atoms with E-state index in [1.54, 1.807) is 24.3 Å². The summed E-state index contributed by atoms with van der Waals surface area (Å²) >= 11 is 5.88. The van der Waals surface area contributed by atoms with Crippen LogP contribution in [0.25, 0.3) is 0 Å². The Morgan fingerprint density at radius 2 is 1.72 bits per heavy atom. The Balaban J connectivity index is 1.42. The Labute approximate surface area is 190 Å². The quantitative estimate of drug-likeness (QED) is 0.544. The first-order chi connectivity index (χ1) is 15.3. The number of amides is 3. The number of esters is 1. The van der Waals surface area contributed by atoms with Crippen LogP contribution >= 0.6 is 11.6 Å². The number of ether oxygens (including phenoxy) is 1. The molecule has 3 amide bonds. The summed E-state index contributed by atoms with van der Waals surface area (Å²) in [5.74, 6) is -1.70. The summed E-state index contributed by atoms with van der Waals surface area (Å²) in [7, 11) is 0. The van der Waals surface area contributed by atoms with Crippen molar-refractivity contribution >= 4 is 41.0 Å². The van der Waals surface area contributed by atoms with E-state index in [-0.39, 0.29) is 28.6 Å². The van der Waals surface area contributed by atoms with Gasteiger partial charge in [0.2, 0.25) is 0 Å². The highest BCUT2D eigenvalue weighted by atomic mass is 35.5. The molecule has 0 spiro atoms. The predicted octanol–water partition coefficient (Wildman–Crippen LogP) is 3.99. The van der Waals surface area contributed by atoms with Crippen LogP contribution in [0, 0.1) is 5.92 Å². The molecule has 2 aliphatic rings. The fourth-order valence-corrected chi connectivity index (χ4v) is 4.31. The lowest BCUT2D eigenvalue weighted by atomic mass is 9.86. The monoisotopic (exact) mass is 454 g/mol. The molecule has 2 aromatic rings. The molecule has 0 saturated heterocycles. The molecule has 1 heterocycles. The first-order valence-electron chi connectivity index (χ1n) is 10.6. The van der Waals surface area contributed by atoms with Crippen LogP contribution in [0.15, 0.2) is 42.5 Å². The van der Waals surface area contributed by atoms with E-state index < -0.39 is 24.4 Å². The smallest absolute Gasteiger partial charge is 0.338 e. The van der Waals surface area contributed by atoms with Gasteiger partial charge in [-0.1, -0.05) is 31.4 Å². The minimum atomic E-state index is -0.732. The number of anilines is 1. The predicted molar refractivity (Wildman–Crippen MR) is 119 cm³/mol. The zero-order chi connectivity index (χ0) is 22.8. The summed E-state index contributed by atoms with van der Waals surface area (Å²) in [6.07, 6.45) is 4.23. The van der Waals surface area contributed by atoms with E-state index in [9.17, 15) is 19.2 Å². The summed E-state index contributed by atoms with van der Waals surface area (Å²) in [5.41, 5.74) is 0.797. The van der Waals surface area contributed by atoms with E-state index in [4.69, 9.17) is 16.3 Å².